The van der Waals surface area contributed by atoms with Crippen molar-refractivity contribution in [3.8, 4) is 5.75 Å². The van der Waals surface area contributed by atoms with Gasteiger partial charge in [-0.3, -0.25) is 4.79 Å². The Hall–Kier alpha value is -2.28. The van der Waals surface area contributed by atoms with Crippen LogP contribution >= 0.6 is 0 Å². The van der Waals surface area contributed by atoms with E-state index < -0.39 is 9.84 Å². The third kappa shape index (κ3) is 3.39. The largest absolute Gasteiger partial charge is 0.489 e. The molecule has 1 atom stereocenters. The monoisotopic (exact) mass is 335 g/mol. The zero-order valence-corrected chi connectivity index (χ0v) is 13.3. The van der Waals surface area contributed by atoms with E-state index in [4.69, 9.17) is 9.15 Å². The third-order valence-corrected chi connectivity index (χ3v) is 5.49. The van der Waals surface area contributed by atoms with Crippen molar-refractivity contribution in [2.45, 2.75) is 12.5 Å². The quantitative estimate of drug-likeness (QED) is 0.844. The first-order valence-electron chi connectivity index (χ1n) is 7.25. The maximum absolute atomic E-state index is 12.4. The molecule has 23 heavy (non-hydrogen) atoms. The lowest BCUT2D eigenvalue weighted by Crippen LogP contribution is -2.35. The van der Waals surface area contributed by atoms with E-state index in [1.165, 1.54) is 6.26 Å². The number of furan rings is 1. The fourth-order valence-corrected chi connectivity index (χ4v) is 4.29. The molecule has 1 aliphatic rings. The third-order valence-electron chi connectivity index (χ3n) is 3.72. The summed E-state index contributed by atoms with van der Waals surface area (Å²) in [6.07, 6.45) is 3.58. The number of hydrogen-bond donors (Lipinski definition) is 1. The fourth-order valence-electron chi connectivity index (χ4n) is 2.61. The van der Waals surface area contributed by atoms with E-state index in [0.717, 1.165) is 5.39 Å². The van der Waals surface area contributed by atoms with E-state index in [2.05, 4.69) is 11.9 Å². The van der Waals surface area contributed by atoms with E-state index in [1.807, 2.05) is 0 Å². The molecule has 1 aromatic heterocycles. The zero-order chi connectivity index (χ0) is 16.4. The molecule has 1 saturated heterocycles. The first-order valence-corrected chi connectivity index (χ1v) is 9.07. The van der Waals surface area contributed by atoms with Crippen LogP contribution in [0.5, 0.6) is 5.75 Å². The average molecular weight is 335 g/mol. The predicted molar refractivity (Wildman–Crippen MR) is 86.4 cm³/mol. The summed E-state index contributed by atoms with van der Waals surface area (Å²) in [4.78, 5) is 12.4. The molecule has 1 fully saturated rings. The Morgan fingerprint density at radius 3 is 3.00 bits per heavy atom. The van der Waals surface area contributed by atoms with E-state index in [9.17, 15) is 13.2 Å². The van der Waals surface area contributed by atoms with Crippen molar-refractivity contribution in [2.24, 2.45) is 0 Å². The highest BCUT2D eigenvalue weighted by molar-refractivity contribution is 7.91. The van der Waals surface area contributed by atoms with Crippen molar-refractivity contribution in [1.29, 1.82) is 0 Å². The Morgan fingerprint density at radius 1 is 1.48 bits per heavy atom. The maximum Gasteiger partial charge on any atom is 0.251 e. The summed E-state index contributed by atoms with van der Waals surface area (Å²) in [5.41, 5.74) is 0.909. The second-order valence-corrected chi connectivity index (χ2v) is 7.71. The van der Waals surface area contributed by atoms with E-state index in [0.29, 0.717) is 29.9 Å². The normalized spacial score (nSPS) is 19.6. The summed E-state index contributed by atoms with van der Waals surface area (Å²) < 4.78 is 33.9. The lowest BCUT2D eigenvalue weighted by molar-refractivity contribution is 0.0940. The molecule has 0 unspecified atom stereocenters. The van der Waals surface area contributed by atoms with Gasteiger partial charge >= 0.3 is 0 Å². The number of fused-ring (bicyclic) bond motifs is 1. The predicted octanol–water partition coefficient (Wildman–Crippen LogP) is 1.91. The smallest absolute Gasteiger partial charge is 0.251 e. The second kappa shape index (κ2) is 6.08. The highest BCUT2D eigenvalue weighted by Crippen LogP contribution is 2.29. The van der Waals surface area contributed by atoms with Crippen molar-refractivity contribution in [3.63, 3.8) is 0 Å². The van der Waals surface area contributed by atoms with Gasteiger partial charge in [-0.25, -0.2) is 8.42 Å². The van der Waals surface area contributed by atoms with Gasteiger partial charge in [0.25, 0.3) is 5.91 Å². The van der Waals surface area contributed by atoms with Crippen LogP contribution in [0.15, 0.2) is 41.5 Å². The molecule has 1 N–H and O–H groups in total. The Labute approximate surface area is 134 Å². The molecule has 122 valence electrons. The zero-order valence-electron chi connectivity index (χ0n) is 12.4. The van der Waals surface area contributed by atoms with Gasteiger partial charge in [-0.1, -0.05) is 12.7 Å². The first kappa shape index (κ1) is 15.6. The van der Waals surface area contributed by atoms with Crippen LogP contribution in [-0.2, 0) is 9.84 Å². The minimum Gasteiger partial charge on any atom is -0.489 e. The van der Waals surface area contributed by atoms with Crippen LogP contribution in [0.2, 0.25) is 0 Å². The summed E-state index contributed by atoms with van der Waals surface area (Å²) >= 11 is 0. The number of nitrogens with one attached hydrogen (secondary N) is 1. The SMILES string of the molecule is C=CCOc1cc(C(=O)N[C@H]2CCS(=O)(=O)C2)cc2occc12. The molecule has 0 spiro atoms. The number of hydrogen-bond acceptors (Lipinski definition) is 5. The summed E-state index contributed by atoms with van der Waals surface area (Å²) in [5, 5.41) is 3.53. The standard InChI is InChI=1S/C16H17NO5S/c1-2-5-21-14-8-11(9-15-13(14)3-6-22-15)16(18)17-12-4-7-23(19,20)10-12/h2-3,6,8-9,12H,1,4-5,7,10H2,(H,17,18)/t12-/m0/s1. The van der Waals surface area contributed by atoms with Crippen molar-refractivity contribution >= 4 is 26.7 Å². The Bertz CT molecular complexity index is 852. The summed E-state index contributed by atoms with van der Waals surface area (Å²) in [6, 6.07) is 4.66. The van der Waals surface area contributed by atoms with E-state index >= 15 is 0 Å². The van der Waals surface area contributed by atoms with E-state index in [-0.39, 0.29) is 23.5 Å². The number of rotatable bonds is 5. The van der Waals surface area contributed by atoms with Gasteiger partial charge in [0.05, 0.1) is 23.2 Å². The van der Waals surface area contributed by atoms with Crippen LogP contribution in [0.1, 0.15) is 16.8 Å². The molecule has 0 saturated carbocycles. The van der Waals surface area contributed by atoms with Gasteiger partial charge in [-0.05, 0) is 24.6 Å². The van der Waals surface area contributed by atoms with Crippen molar-refractivity contribution < 1.29 is 22.4 Å². The van der Waals surface area contributed by atoms with Gasteiger partial charge < -0.3 is 14.5 Å². The maximum atomic E-state index is 12.4. The minimum absolute atomic E-state index is 0.0123. The molecule has 2 aromatic rings. The Kier molecular flexibility index (Phi) is 4.12. The van der Waals surface area contributed by atoms with Crippen LogP contribution < -0.4 is 10.1 Å². The molecule has 7 heteroatoms. The summed E-state index contributed by atoms with van der Waals surface area (Å²) in [6.45, 7) is 3.91. The molecule has 0 bridgehead atoms. The van der Waals surface area contributed by atoms with Gasteiger partial charge in [0, 0.05) is 11.6 Å². The molecule has 1 aliphatic heterocycles. The molecular weight excluding hydrogens is 318 g/mol. The van der Waals surface area contributed by atoms with Crippen molar-refractivity contribution in [3.05, 3.63) is 42.7 Å². The minimum atomic E-state index is -3.04. The second-order valence-electron chi connectivity index (χ2n) is 5.48. The highest BCUT2D eigenvalue weighted by Gasteiger charge is 2.29. The van der Waals surface area contributed by atoms with Gasteiger partial charge in [-0.15, -0.1) is 0 Å². The average Bonchev–Trinajstić information content (AvgIpc) is 3.10. The van der Waals surface area contributed by atoms with Crippen LogP contribution in [0.3, 0.4) is 0 Å². The molecular formula is C16H17NO5S. The summed E-state index contributed by atoms with van der Waals surface area (Å²) in [5.74, 6) is 0.291. The van der Waals surface area contributed by atoms with Crippen LogP contribution in [0.25, 0.3) is 11.0 Å². The van der Waals surface area contributed by atoms with Gasteiger partial charge in [0.15, 0.2) is 9.84 Å². The number of ether oxygens (including phenoxy) is 1. The van der Waals surface area contributed by atoms with Crippen molar-refractivity contribution in [1.82, 2.24) is 5.32 Å². The molecule has 3 rings (SSSR count). The topological polar surface area (TPSA) is 85.6 Å². The van der Waals surface area contributed by atoms with Crippen LogP contribution in [-0.4, -0.2) is 38.5 Å². The van der Waals surface area contributed by atoms with Gasteiger partial charge in [-0.2, -0.15) is 0 Å². The number of carbonyl (C=O) groups excluding carboxylic acids is 1. The molecule has 0 radical (unpaired) electrons. The number of carbonyl (C=O) groups is 1. The molecule has 1 amide bonds. The number of amides is 1. The Morgan fingerprint density at radius 2 is 2.30 bits per heavy atom. The van der Waals surface area contributed by atoms with Crippen LogP contribution in [0.4, 0.5) is 0 Å². The molecule has 6 nitrogen and oxygen atoms in total. The lowest BCUT2D eigenvalue weighted by atomic mass is 10.1. The van der Waals surface area contributed by atoms with Gasteiger partial charge in [0.2, 0.25) is 0 Å². The highest BCUT2D eigenvalue weighted by atomic mass is 32.2. The summed E-state index contributed by atoms with van der Waals surface area (Å²) in [7, 11) is -3.04. The fraction of sp³-hybridized carbons (Fsp3) is 0.312. The van der Waals surface area contributed by atoms with Crippen LogP contribution in [0, 0.1) is 0 Å². The first-order chi connectivity index (χ1) is 11.0. The van der Waals surface area contributed by atoms with Crippen molar-refractivity contribution in [2.75, 3.05) is 18.1 Å². The molecule has 0 aliphatic carbocycles. The lowest BCUT2D eigenvalue weighted by Gasteiger charge is -2.12. The Balaban J connectivity index is 1.84. The number of sulfone groups is 1. The molecule has 2 heterocycles. The number of benzene rings is 1. The van der Waals surface area contributed by atoms with Gasteiger partial charge in [0.1, 0.15) is 17.9 Å². The van der Waals surface area contributed by atoms with E-state index in [1.54, 1.807) is 24.3 Å². The molecule has 1 aromatic carbocycles.